The van der Waals surface area contributed by atoms with E-state index in [0.717, 1.165) is 16.7 Å². The molecule has 0 saturated heterocycles. The summed E-state index contributed by atoms with van der Waals surface area (Å²) >= 11 is 1.75. The summed E-state index contributed by atoms with van der Waals surface area (Å²) in [4.78, 5) is 0. The van der Waals surface area contributed by atoms with Crippen LogP contribution in [0, 0.1) is 11.3 Å². The third-order valence-corrected chi connectivity index (χ3v) is 8.91. The molecule has 0 amide bonds. The van der Waals surface area contributed by atoms with Gasteiger partial charge in [-0.1, -0.05) is 93.1 Å². The molecule has 1 aromatic rings. The molecule has 0 aliphatic carbocycles. The molecule has 36 heavy (non-hydrogen) atoms. The van der Waals surface area contributed by atoms with Crippen molar-refractivity contribution in [3.63, 3.8) is 0 Å². The number of allylic oxidation sites excluding steroid dienone is 6. The molecular weight excluding hydrogens is 483 g/mol. The van der Waals surface area contributed by atoms with Crippen LogP contribution in [0.25, 0.3) is 0 Å². The average molecular weight is 525 g/mol. The second-order valence-electron chi connectivity index (χ2n) is 8.40. The van der Waals surface area contributed by atoms with Crippen molar-refractivity contribution in [2.45, 2.75) is 50.9 Å². The second-order valence-corrected chi connectivity index (χ2v) is 11.2. The van der Waals surface area contributed by atoms with Gasteiger partial charge in [0.05, 0.1) is 30.5 Å². The molecule has 0 aromatic heterocycles. The second kappa shape index (κ2) is 17.3. The van der Waals surface area contributed by atoms with E-state index in [1.54, 1.807) is 23.9 Å². The van der Waals surface area contributed by atoms with Crippen molar-refractivity contribution in [3.05, 3.63) is 110 Å². The number of rotatable bonds is 18. The Hall–Kier alpha value is -2.19. The first-order chi connectivity index (χ1) is 17.3. The van der Waals surface area contributed by atoms with Gasteiger partial charge in [0.1, 0.15) is 0 Å². The molecule has 1 atom stereocenters. The third-order valence-electron chi connectivity index (χ3n) is 5.29. The number of nitrogens with zero attached hydrogens (tertiary/aromatic N) is 2. The molecule has 0 N–H and O–H groups in total. The maximum Gasteiger partial charge on any atom is 0.259 e. The Morgan fingerprint density at radius 3 is 1.94 bits per heavy atom. The molecule has 0 saturated carbocycles. The van der Waals surface area contributed by atoms with Gasteiger partial charge in [-0.15, -0.1) is 11.8 Å². The minimum absolute atomic E-state index is 0.250. The lowest BCUT2D eigenvalue weighted by atomic mass is 9.82. The molecule has 1 rings (SSSR count). The van der Waals surface area contributed by atoms with Crippen LogP contribution in [0.3, 0.4) is 0 Å². The first-order valence-corrected chi connectivity index (χ1v) is 14.3. The molecule has 6 heteroatoms. The fraction of sp³-hybridized carbons (Fsp3) is 0.367. The summed E-state index contributed by atoms with van der Waals surface area (Å²) in [6.45, 7) is 25.4. The SMILES string of the molecule is C=C/C=C(\C=C)C(SCCOP(OCCC#N)N(C(C)C)C(C)C)(/C(C=C)=C/C=C)c1ccccc1. The van der Waals surface area contributed by atoms with E-state index in [1.165, 1.54) is 0 Å². The standard InChI is InChI=1S/C30H41N2O2PS/c1-9-17-27(11-3)30(28(12-4)18-10-2,29-19-14-13-15-20-29)36-24-23-34-35(33-22-16-21-31)32(25(5)6)26(7)8/h9-15,17-20,25-26H,1-4,16,22-24H2,5-8H3/b27-17+,28-18+. The minimum Gasteiger partial charge on any atom is -0.321 e. The molecule has 194 valence electrons. The Bertz CT molecular complexity index is 909. The van der Waals surface area contributed by atoms with Crippen LogP contribution in [0.2, 0.25) is 0 Å². The van der Waals surface area contributed by atoms with Crippen LogP contribution >= 0.6 is 20.3 Å². The van der Waals surface area contributed by atoms with Crippen molar-refractivity contribution >= 4 is 20.3 Å². The zero-order chi connectivity index (χ0) is 27.0. The van der Waals surface area contributed by atoms with Gasteiger partial charge in [-0.2, -0.15) is 5.26 Å². The van der Waals surface area contributed by atoms with Gasteiger partial charge in [-0.3, -0.25) is 0 Å². The van der Waals surface area contributed by atoms with Crippen molar-refractivity contribution in [2.75, 3.05) is 19.0 Å². The van der Waals surface area contributed by atoms with Crippen LogP contribution in [-0.4, -0.2) is 35.7 Å². The molecule has 0 aliphatic rings. The summed E-state index contributed by atoms with van der Waals surface area (Å²) in [5.74, 6) is 0.685. The summed E-state index contributed by atoms with van der Waals surface area (Å²) in [6.07, 6.45) is 11.6. The summed E-state index contributed by atoms with van der Waals surface area (Å²) in [5, 5.41) is 8.96. The fourth-order valence-corrected chi connectivity index (χ4v) is 7.08. The lowest BCUT2D eigenvalue weighted by Gasteiger charge is -2.38. The zero-order valence-corrected chi connectivity index (χ0v) is 23.9. The molecule has 4 nitrogen and oxygen atoms in total. The van der Waals surface area contributed by atoms with Crippen LogP contribution in [0.1, 0.15) is 39.7 Å². The maximum atomic E-state index is 8.96. The van der Waals surface area contributed by atoms with Crippen molar-refractivity contribution < 1.29 is 9.05 Å². The van der Waals surface area contributed by atoms with Gasteiger partial charge >= 0.3 is 0 Å². The topological polar surface area (TPSA) is 45.5 Å². The summed E-state index contributed by atoms with van der Waals surface area (Å²) in [6, 6.07) is 13.0. The lowest BCUT2D eigenvalue weighted by Crippen LogP contribution is -2.34. The predicted octanol–water partition coefficient (Wildman–Crippen LogP) is 8.50. The van der Waals surface area contributed by atoms with Crippen molar-refractivity contribution in [2.24, 2.45) is 0 Å². The molecule has 1 unspecified atom stereocenters. The monoisotopic (exact) mass is 524 g/mol. The van der Waals surface area contributed by atoms with E-state index in [0.29, 0.717) is 25.4 Å². The van der Waals surface area contributed by atoms with Crippen LogP contribution in [0.15, 0.2) is 104 Å². The van der Waals surface area contributed by atoms with E-state index in [1.807, 2.05) is 42.5 Å². The quantitative estimate of drug-likeness (QED) is 0.109. The van der Waals surface area contributed by atoms with E-state index >= 15 is 0 Å². The number of hydrogen-bond acceptors (Lipinski definition) is 5. The summed E-state index contributed by atoms with van der Waals surface area (Å²) in [5.41, 5.74) is 3.11. The van der Waals surface area contributed by atoms with Crippen molar-refractivity contribution in [1.29, 1.82) is 5.26 Å². The Morgan fingerprint density at radius 1 is 0.972 bits per heavy atom. The Balaban J connectivity index is 3.36. The molecule has 0 fully saturated rings. The smallest absolute Gasteiger partial charge is 0.259 e. The minimum atomic E-state index is -1.30. The largest absolute Gasteiger partial charge is 0.321 e. The highest BCUT2D eigenvalue weighted by atomic mass is 32.2. The number of hydrogen-bond donors (Lipinski definition) is 0. The lowest BCUT2D eigenvalue weighted by molar-refractivity contribution is 0.182. The summed E-state index contributed by atoms with van der Waals surface area (Å²) < 4.78 is 14.1. The summed E-state index contributed by atoms with van der Waals surface area (Å²) in [7, 11) is -1.30. The molecule has 0 spiro atoms. The fourth-order valence-electron chi connectivity index (χ4n) is 3.96. The number of nitriles is 1. The Labute approximate surface area is 224 Å². The highest BCUT2D eigenvalue weighted by Crippen LogP contribution is 2.51. The third kappa shape index (κ3) is 8.73. The van der Waals surface area contributed by atoms with Crippen LogP contribution in [-0.2, 0) is 13.8 Å². The molecule has 0 radical (unpaired) electrons. The highest BCUT2D eigenvalue weighted by molar-refractivity contribution is 8.00. The van der Waals surface area contributed by atoms with Gasteiger partial charge in [0.2, 0.25) is 0 Å². The normalized spacial score (nSPS) is 14.8. The van der Waals surface area contributed by atoms with E-state index in [-0.39, 0.29) is 12.1 Å². The Morgan fingerprint density at radius 2 is 1.50 bits per heavy atom. The molecule has 1 aromatic carbocycles. The van der Waals surface area contributed by atoms with Crippen molar-refractivity contribution in [3.8, 4) is 6.07 Å². The van der Waals surface area contributed by atoms with Gasteiger partial charge in [0, 0.05) is 17.8 Å². The molecule has 0 bridgehead atoms. The van der Waals surface area contributed by atoms with Crippen LogP contribution < -0.4 is 0 Å². The first kappa shape index (κ1) is 31.8. The van der Waals surface area contributed by atoms with E-state index < -0.39 is 13.3 Å². The van der Waals surface area contributed by atoms with Gasteiger partial charge in [0.15, 0.2) is 0 Å². The number of benzene rings is 1. The molecule has 0 aliphatic heterocycles. The van der Waals surface area contributed by atoms with Gasteiger partial charge in [-0.05, 0) is 44.4 Å². The number of thioether (sulfide) groups is 1. The van der Waals surface area contributed by atoms with Gasteiger partial charge in [0.25, 0.3) is 8.53 Å². The average Bonchev–Trinajstić information content (AvgIpc) is 2.86. The first-order valence-electron chi connectivity index (χ1n) is 12.2. The van der Waals surface area contributed by atoms with Crippen LogP contribution in [0.4, 0.5) is 0 Å². The van der Waals surface area contributed by atoms with E-state index in [2.05, 4.69) is 76.9 Å². The predicted molar refractivity (Wildman–Crippen MR) is 159 cm³/mol. The molecular formula is C30H41N2O2PS. The van der Waals surface area contributed by atoms with E-state index in [9.17, 15) is 0 Å². The Kier molecular flexibility index (Phi) is 15.3. The van der Waals surface area contributed by atoms with Gasteiger partial charge in [-0.25, -0.2) is 4.67 Å². The zero-order valence-electron chi connectivity index (χ0n) is 22.2. The van der Waals surface area contributed by atoms with Crippen molar-refractivity contribution in [1.82, 2.24) is 4.67 Å². The van der Waals surface area contributed by atoms with Gasteiger partial charge < -0.3 is 9.05 Å². The molecule has 0 heterocycles. The van der Waals surface area contributed by atoms with E-state index in [4.69, 9.17) is 14.3 Å². The van der Waals surface area contributed by atoms with Crippen LogP contribution in [0.5, 0.6) is 0 Å². The highest BCUT2D eigenvalue weighted by Gasteiger charge is 2.38. The maximum absolute atomic E-state index is 8.96.